The van der Waals surface area contributed by atoms with Crippen molar-refractivity contribution in [3.63, 3.8) is 0 Å². The van der Waals surface area contributed by atoms with E-state index in [9.17, 15) is 4.79 Å². The van der Waals surface area contributed by atoms with Crippen LogP contribution in [0.5, 0.6) is 11.5 Å². The molecule has 1 aliphatic rings. The van der Waals surface area contributed by atoms with Crippen LogP contribution in [0.2, 0.25) is 0 Å². The molecular weight excluding hydrogens is 310 g/mol. The molecule has 1 amide bonds. The van der Waals surface area contributed by atoms with Gasteiger partial charge in [0.2, 0.25) is 12.7 Å². The van der Waals surface area contributed by atoms with Crippen LogP contribution in [-0.2, 0) is 6.42 Å². The number of fused-ring (bicyclic) bond motifs is 1. The van der Waals surface area contributed by atoms with Gasteiger partial charge in [0, 0.05) is 5.56 Å². The van der Waals surface area contributed by atoms with E-state index in [2.05, 4.69) is 15.5 Å². The number of amides is 1. The number of hydrogen-bond acceptors (Lipinski definition) is 6. The van der Waals surface area contributed by atoms with Gasteiger partial charge in [-0.3, -0.25) is 10.1 Å². The third kappa shape index (κ3) is 2.91. The van der Waals surface area contributed by atoms with E-state index in [-0.39, 0.29) is 18.7 Å². The second-order valence-electron chi connectivity index (χ2n) is 5.19. The van der Waals surface area contributed by atoms with Gasteiger partial charge in [0.25, 0.3) is 5.91 Å². The number of aromatic nitrogens is 2. The highest BCUT2D eigenvalue weighted by atomic mass is 16.7. The molecule has 1 N–H and O–H groups in total. The number of anilines is 1. The number of nitrogens with one attached hydrogen (secondary N) is 1. The molecule has 120 valence electrons. The lowest BCUT2D eigenvalue weighted by Crippen LogP contribution is -2.11. The molecule has 1 aliphatic heterocycles. The zero-order chi connectivity index (χ0) is 16.4. The van der Waals surface area contributed by atoms with E-state index in [0.717, 1.165) is 11.3 Å². The Morgan fingerprint density at radius 1 is 1.04 bits per heavy atom. The molecule has 0 aliphatic carbocycles. The number of nitrogens with zero attached hydrogens (tertiary/aromatic N) is 2. The van der Waals surface area contributed by atoms with Crippen molar-refractivity contribution in [3.05, 3.63) is 65.5 Å². The van der Waals surface area contributed by atoms with Crippen LogP contribution in [-0.4, -0.2) is 22.9 Å². The largest absolute Gasteiger partial charge is 0.454 e. The van der Waals surface area contributed by atoms with Crippen LogP contribution in [0.25, 0.3) is 0 Å². The number of rotatable bonds is 4. The Labute approximate surface area is 137 Å². The van der Waals surface area contributed by atoms with Gasteiger partial charge in [-0.2, -0.15) is 0 Å². The van der Waals surface area contributed by atoms with Crippen molar-refractivity contribution in [2.45, 2.75) is 6.42 Å². The normalized spacial score (nSPS) is 12.2. The summed E-state index contributed by atoms with van der Waals surface area (Å²) in [5.74, 6) is 1.52. The molecule has 0 atom stereocenters. The van der Waals surface area contributed by atoms with Gasteiger partial charge in [-0.05, 0) is 29.8 Å². The molecule has 24 heavy (non-hydrogen) atoms. The minimum absolute atomic E-state index is 0.0691. The fourth-order valence-electron chi connectivity index (χ4n) is 2.36. The van der Waals surface area contributed by atoms with E-state index in [0.29, 0.717) is 23.6 Å². The van der Waals surface area contributed by atoms with E-state index in [1.165, 1.54) is 0 Å². The predicted octanol–water partition coefficient (Wildman–Crippen LogP) is 2.64. The van der Waals surface area contributed by atoms with E-state index >= 15 is 0 Å². The minimum atomic E-state index is -0.297. The average Bonchev–Trinajstić information content (AvgIpc) is 3.24. The summed E-state index contributed by atoms with van der Waals surface area (Å²) in [6, 6.07) is 14.5. The van der Waals surface area contributed by atoms with Gasteiger partial charge in [0.15, 0.2) is 11.5 Å². The van der Waals surface area contributed by atoms with Crippen molar-refractivity contribution in [1.29, 1.82) is 0 Å². The molecule has 4 rings (SSSR count). The van der Waals surface area contributed by atoms with E-state index in [1.54, 1.807) is 24.3 Å². The maximum Gasteiger partial charge on any atom is 0.322 e. The quantitative estimate of drug-likeness (QED) is 0.794. The zero-order valence-corrected chi connectivity index (χ0v) is 12.6. The molecule has 0 bridgehead atoms. The standard InChI is InChI=1S/C17H13N3O4/c21-16(12-4-2-1-3-5-12)18-17-20-19-15(24-17)9-11-6-7-13-14(8-11)23-10-22-13/h1-8H,9-10H2,(H,18,20,21). The maximum atomic E-state index is 12.0. The van der Waals surface area contributed by atoms with Crippen molar-refractivity contribution in [2.24, 2.45) is 0 Å². The third-order valence-corrected chi connectivity index (χ3v) is 3.52. The second-order valence-corrected chi connectivity index (χ2v) is 5.19. The van der Waals surface area contributed by atoms with Gasteiger partial charge in [0.1, 0.15) is 0 Å². The van der Waals surface area contributed by atoms with E-state index in [4.69, 9.17) is 13.9 Å². The van der Waals surface area contributed by atoms with Crippen LogP contribution in [0, 0.1) is 0 Å². The zero-order valence-electron chi connectivity index (χ0n) is 12.6. The highest BCUT2D eigenvalue weighted by Crippen LogP contribution is 2.33. The lowest BCUT2D eigenvalue weighted by molar-refractivity contribution is 0.102. The first kappa shape index (κ1) is 14.3. The molecule has 0 saturated heterocycles. The second kappa shape index (κ2) is 6.04. The number of carbonyl (C=O) groups excluding carboxylic acids is 1. The summed E-state index contributed by atoms with van der Waals surface area (Å²) in [5, 5.41) is 10.4. The minimum Gasteiger partial charge on any atom is -0.454 e. The summed E-state index contributed by atoms with van der Waals surface area (Å²) in [5.41, 5.74) is 1.47. The Hall–Kier alpha value is -3.35. The van der Waals surface area contributed by atoms with Crippen molar-refractivity contribution in [2.75, 3.05) is 12.1 Å². The molecule has 0 unspecified atom stereocenters. The SMILES string of the molecule is O=C(Nc1nnc(Cc2ccc3c(c2)OCO3)o1)c1ccccc1. The number of hydrogen-bond donors (Lipinski definition) is 1. The van der Waals surface area contributed by atoms with Crippen LogP contribution in [0.3, 0.4) is 0 Å². The fourth-order valence-corrected chi connectivity index (χ4v) is 2.36. The van der Waals surface area contributed by atoms with Crippen LogP contribution >= 0.6 is 0 Å². The summed E-state index contributed by atoms with van der Waals surface area (Å²) < 4.78 is 16.1. The average molecular weight is 323 g/mol. The van der Waals surface area contributed by atoms with Crippen molar-refractivity contribution >= 4 is 11.9 Å². The van der Waals surface area contributed by atoms with Crippen LogP contribution in [0.1, 0.15) is 21.8 Å². The van der Waals surface area contributed by atoms with Crippen molar-refractivity contribution < 1.29 is 18.7 Å². The van der Waals surface area contributed by atoms with Crippen LogP contribution in [0.15, 0.2) is 52.9 Å². The fraction of sp³-hybridized carbons (Fsp3) is 0.118. The lowest BCUT2D eigenvalue weighted by Gasteiger charge is -2.00. The maximum absolute atomic E-state index is 12.0. The molecule has 2 aromatic carbocycles. The molecule has 7 heteroatoms. The first-order valence-electron chi connectivity index (χ1n) is 7.35. The number of ether oxygens (including phenoxy) is 2. The van der Waals surface area contributed by atoms with Gasteiger partial charge in [-0.15, -0.1) is 5.10 Å². The monoisotopic (exact) mass is 323 g/mol. The molecule has 1 aromatic heterocycles. The first-order chi connectivity index (χ1) is 11.8. The highest BCUT2D eigenvalue weighted by Gasteiger charge is 2.15. The van der Waals surface area contributed by atoms with Crippen LogP contribution in [0.4, 0.5) is 6.01 Å². The Bertz CT molecular complexity index is 877. The molecule has 0 spiro atoms. The Balaban J connectivity index is 1.44. The smallest absolute Gasteiger partial charge is 0.322 e. The van der Waals surface area contributed by atoms with E-state index < -0.39 is 0 Å². The Kier molecular flexibility index (Phi) is 3.59. The molecule has 7 nitrogen and oxygen atoms in total. The van der Waals surface area contributed by atoms with Crippen molar-refractivity contribution in [1.82, 2.24) is 10.2 Å². The molecule has 3 aromatic rings. The summed E-state index contributed by atoms with van der Waals surface area (Å²) in [6.07, 6.45) is 0.435. The highest BCUT2D eigenvalue weighted by molar-refractivity contribution is 6.02. The lowest BCUT2D eigenvalue weighted by atomic mass is 10.1. The molecular formula is C17H13N3O4. The molecule has 0 fully saturated rings. The van der Waals surface area contributed by atoms with Gasteiger partial charge in [-0.1, -0.05) is 29.4 Å². The summed E-state index contributed by atoms with van der Waals surface area (Å²) in [6.45, 7) is 0.231. The topological polar surface area (TPSA) is 86.5 Å². The van der Waals surface area contributed by atoms with Crippen molar-refractivity contribution in [3.8, 4) is 11.5 Å². The Morgan fingerprint density at radius 3 is 2.75 bits per heavy atom. The molecule has 0 saturated carbocycles. The summed E-state index contributed by atoms with van der Waals surface area (Å²) in [7, 11) is 0. The van der Waals surface area contributed by atoms with Crippen LogP contribution < -0.4 is 14.8 Å². The van der Waals surface area contributed by atoms with Gasteiger partial charge < -0.3 is 13.9 Å². The summed E-state index contributed by atoms with van der Waals surface area (Å²) >= 11 is 0. The predicted molar refractivity (Wildman–Crippen MR) is 84.1 cm³/mol. The molecule has 2 heterocycles. The van der Waals surface area contributed by atoms with E-state index in [1.807, 2.05) is 24.3 Å². The first-order valence-corrected chi connectivity index (χ1v) is 7.35. The Morgan fingerprint density at radius 2 is 1.88 bits per heavy atom. The van der Waals surface area contributed by atoms with Gasteiger partial charge >= 0.3 is 6.01 Å². The molecule has 0 radical (unpaired) electrons. The summed E-state index contributed by atoms with van der Waals surface area (Å²) in [4.78, 5) is 12.0. The van der Waals surface area contributed by atoms with Gasteiger partial charge in [0.05, 0.1) is 6.42 Å². The number of carbonyl (C=O) groups is 1. The number of benzene rings is 2. The third-order valence-electron chi connectivity index (χ3n) is 3.52. The van der Waals surface area contributed by atoms with Gasteiger partial charge in [-0.25, -0.2) is 0 Å².